The van der Waals surface area contributed by atoms with Crippen molar-refractivity contribution in [3.05, 3.63) is 0 Å². The van der Waals surface area contributed by atoms with Gasteiger partial charge in [-0.25, -0.2) is 0 Å². The summed E-state index contributed by atoms with van der Waals surface area (Å²) in [5, 5.41) is 3.44. The van der Waals surface area contributed by atoms with Gasteiger partial charge in [0, 0.05) is 32.8 Å². The molecule has 1 saturated heterocycles. The van der Waals surface area contributed by atoms with Crippen LogP contribution in [0.15, 0.2) is 0 Å². The van der Waals surface area contributed by atoms with Gasteiger partial charge in [0.05, 0.1) is 0 Å². The fraction of sp³-hybridized carbons (Fsp3) is 1.00. The summed E-state index contributed by atoms with van der Waals surface area (Å²) < 4.78 is 5.36. The quantitative estimate of drug-likeness (QED) is 0.647. The first kappa shape index (κ1) is 12.9. The fourth-order valence-electron chi connectivity index (χ4n) is 2.03. The number of hydrogen-bond donors (Lipinski definition) is 1. The van der Waals surface area contributed by atoms with E-state index in [0.717, 1.165) is 38.8 Å². The zero-order chi connectivity index (χ0) is 10.9. The number of rotatable bonds is 7. The van der Waals surface area contributed by atoms with Crippen molar-refractivity contribution in [3.8, 4) is 0 Å². The van der Waals surface area contributed by atoms with Gasteiger partial charge in [-0.3, -0.25) is 0 Å². The Morgan fingerprint density at radius 2 is 2.00 bits per heavy atom. The van der Waals surface area contributed by atoms with E-state index in [1.807, 2.05) is 0 Å². The first-order chi connectivity index (χ1) is 7.33. The van der Waals surface area contributed by atoms with E-state index in [-0.39, 0.29) is 0 Å². The highest BCUT2D eigenvalue weighted by Gasteiger charge is 2.15. The zero-order valence-electron chi connectivity index (χ0n) is 10.3. The SMILES string of the molecule is CCCNCCN(C)CC1CCOCC1. The Bertz CT molecular complexity index is 147. The predicted molar refractivity (Wildman–Crippen MR) is 64.2 cm³/mol. The lowest BCUT2D eigenvalue weighted by atomic mass is 10.00. The second kappa shape index (κ2) is 8.08. The van der Waals surface area contributed by atoms with Crippen molar-refractivity contribution < 1.29 is 4.74 Å². The minimum Gasteiger partial charge on any atom is -0.381 e. The first-order valence-corrected chi connectivity index (χ1v) is 6.30. The van der Waals surface area contributed by atoms with Crippen LogP contribution in [0.25, 0.3) is 0 Å². The van der Waals surface area contributed by atoms with Gasteiger partial charge in [0.2, 0.25) is 0 Å². The van der Waals surface area contributed by atoms with Crippen LogP contribution in [0.4, 0.5) is 0 Å². The third-order valence-corrected chi connectivity index (χ3v) is 3.01. The lowest BCUT2D eigenvalue weighted by molar-refractivity contribution is 0.0559. The van der Waals surface area contributed by atoms with Crippen molar-refractivity contribution in [3.63, 3.8) is 0 Å². The molecule has 1 heterocycles. The van der Waals surface area contributed by atoms with Crippen molar-refractivity contribution in [2.24, 2.45) is 5.92 Å². The second-order valence-corrected chi connectivity index (χ2v) is 4.57. The highest BCUT2D eigenvalue weighted by Crippen LogP contribution is 2.15. The third-order valence-electron chi connectivity index (χ3n) is 3.01. The summed E-state index contributed by atoms with van der Waals surface area (Å²) >= 11 is 0. The average Bonchev–Trinajstić information content (AvgIpc) is 2.26. The van der Waals surface area contributed by atoms with Gasteiger partial charge >= 0.3 is 0 Å². The standard InChI is InChI=1S/C12H26N2O/c1-3-6-13-7-8-14(2)11-12-4-9-15-10-5-12/h12-13H,3-11H2,1-2H3. The highest BCUT2D eigenvalue weighted by molar-refractivity contribution is 4.67. The summed E-state index contributed by atoms with van der Waals surface area (Å²) in [6.07, 6.45) is 3.71. The monoisotopic (exact) mass is 214 g/mol. The fourth-order valence-corrected chi connectivity index (χ4v) is 2.03. The molecule has 0 bridgehead atoms. The van der Waals surface area contributed by atoms with E-state index in [1.54, 1.807) is 0 Å². The van der Waals surface area contributed by atoms with Crippen molar-refractivity contribution in [1.82, 2.24) is 10.2 Å². The van der Waals surface area contributed by atoms with Gasteiger partial charge in [0.15, 0.2) is 0 Å². The van der Waals surface area contributed by atoms with Crippen LogP contribution in [0, 0.1) is 5.92 Å². The van der Waals surface area contributed by atoms with E-state index < -0.39 is 0 Å². The zero-order valence-corrected chi connectivity index (χ0v) is 10.3. The summed E-state index contributed by atoms with van der Waals surface area (Å²) in [5.41, 5.74) is 0. The van der Waals surface area contributed by atoms with Crippen LogP contribution >= 0.6 is 0 Å². The minimum atomic E-state index is 0.856. The molecule has 0 radical (unpaired) electrons. The maximum atomic E-state index is 5.36. The molecular formula is C12H26N2O. The molecule has 0 spiro atoms. The van der Waals surface area contributed by atoms with E-state index in [0.29, 0.717) is 0 Å². The molecule has 0 saturated carbocycles. The molecule has 1 rings (SSSR count). The largest absolute Gasteiger partial charge is 0.381 e. The van der Waals surface area contributed by atoms with Crippen molar-refractivity contribution in [2.75, 3.05) is 46.4 Å². The molecule has 0 aromatic rings. The topological polar surface area (TPSA) is 24.5 Å². The molecule has 0 amide bonds. The van der Waals surface area contributed by atoms with E-state index in [9.17, 15) is 0 Å². The molecule has 1 aliphatic rings. The number of nitrogens with zero attached hydrogens (tertiary/aromatic N) is 1. The van der Waals surface area contributed by atoms with Gasteiger partial charge in [0.25, 0.3) is 0 Å². The number of nitrogens with one attached hydrogen (secondary N) is 1. The molecule has 3 nitrogen and oxygen atoms in total. The first-order valence-electron chi connectivity index (χ1n) is 6.30. The molecule has 1 N–H and O–H groups in total. The molecule has 1 aliphatic heterocycles. The van der Waals surface area contributed by atoms with Crippen LogP contribution in [0.2, 0.25) is 0 Å². The highest BCUT2D eigenvalue weighted by atomic mass is 16.5. The summed E-state index contributed by atoms with van der Waals surface area (Å²) in [7, 11) is 2.23. The minimum absolute atomic E-state index is 0.856. The van der Waals surface area contributed by atoms with Crippen LogP contribution in [-0.2, 0) is 4.74 Å². The average molecular weight is 214 g/mol. The summed E-state index contributed by atoms with van der Waals surface area (Å²) in [6, 6.07) is 0. The van der Waals surface area contributed by atoms with E-state index in [2.05, 4.69) is 24.2 Å². The number of ether oxygens (including phenoxy) is 1. The molecule has 0 unspecified atom stereocenters. The molecule has 0 aromatic heterocycles. The lowest BCUT2D eigenvalue weighted by Gasteiger charge is -2.27. The molecule has 3 heteroatoms. The van der Waals surface area contributed by atoms with E-state index in [1.165, 1.54) is 25.8 Å². The summed E-state index contributed by atoms with van der Waals surface area (Å²) in [6.45, 7) is 8.80. The van der Waals surface area contributed by atoms with Gasteiger partial charge in [-0.2, -0.15) is 0 Å². The Morgan fingerprint density at radius 1 is 1.27 bits per heavy atom. The van der Waals surface area contributed by atoms with Gasteiger partial charge in [-0.05, 0) is 38.8 Å². The molecule has 90 valence electrons. The normalized spacial score (nSPS) is 18.6. The molecule has 15 heavy (non-hydrogen) atoms. The summed E-state index contributed by atoms with van der Waals surface area (Å²) in [5.74, 6) is 0.856. The Kier molecular flexibility index (Phi) is 6.98. The maximum Gasteiger partial charge on any atom is 0.0469 e. The van der Waals surface area contributed by atoms with Crippen molar-refractivity contribution >= 4 is 0 Å². The van der Waals surface area contributed by atoms with Gasteiger partial charge < -0.3 is 15.0 Å². The van der Waals surface area contributed by atoms with Crippen molar-refractivity contribution in [2.45, 2.75) is 26.2 Å². The maximum absolute atomic E-state index is 5.36. The van der Waals surface area contributed by atoms with Crippen LogP contribution in [0.3, 0.4) is 0 Å². The smallest absolute Gasteiger partial charge is 0.0469 e. The van der Waals surface area contributed by atoms with Crippen LogP contribution in [0.1, 0.15) is 26.2 Å². The molecule has 1 fully saturated rings. The Balaban J connectivity index is 1.98. The number of likely N-dealkylation sites (N-methyl/N-ethyl adjacent to an activating group) is 1. The molecule has 0 aromatic carbocycles. The van der Waals surface area contributed by atoms with Gasteiger partial charge in [0.1, 0.15) is 0 Å². The van der Waals surface area contributed by atoms with Crippen molar-refractivity contribution in [1.29, 1.82) is 0 Å². The van der Waals surface area contributed by atoms with Crippen LogP contribution in [-0.4, -0.2) is 51.3 Å². The second-order valence-electron chi connectivity index (χ2n) is 4.57. The van der Waals surface area contributed by atoms with E-state index >= 15 is 0 Å². The van der Waals surface area contributed by atoms with Gasteiger partial charge in [-0.1, -0.05) is 6.92 Å². The number of hydrogen-bond acceptors (Lipinski definition) is 3. The molecular weight excluding hydrogens is 188 g/mol. The summed E-state index contributed by atoms with van der Waals surface area (Å²) in [4.78, 5) is 2.44. The predicted octanol–water partition coefficient (Wildman–Crippen LogP) is 1.34. The Morgan fingerprint density at radius 3 is 2.67 bits per heavy atom. The Hall–Kier alpha value is -0.120. The van der Waals surface area contributed by atoms with E-state index in [4.69, 9.17) is 4.74 Å². The molecule has 0 aliphatic carbocycles. The van der Waals surface area contributed by atoms with Gasteiger partial charge in [-0.15, -0.1) is 0 Å². The van der Waals surface area contributed by atoms with Crippen LogP contribution < -0.4 is 5.32 Å². The molecule has 0 atom stereocenters. The Labute approximate surface area is 94.2 Å². The lowest BCUT2D eigenvalue weighted by Crippen LogP contribution is -2.34. The third kappa shape index (κ3) is 6.13. The van der Waals surface area contributed by atoms with Crippen LogP contribution in [0.5, 0.6) is 0 Å².